The first-order valence-corrected chi connectivity index (χ1v) is 7.95. The number of anilines is 2. The average Bonchev–Trinajstić information content (AvgIpc) is 2.52. The molecule has 0 aliphatic rings. The van der Waals surface area contributed by atoms with E-state index < -0.39 is 0 Å². The van der Waals surface area contributed by atoms with Crippen molar-refractivity contribution in [3.8, 4) is 0 Å². The Morgan fingerprint density at radius 3 is 2.48 bits per heavy atom. The molecule has 0 aliphatic carbocycles. The van der Waals surface area contributed by atoms with E-state index in [0.717, 1.165) is 11.3 Å². The van der Waals surface area contributed by atoms with Crippen LogP contribution in [0.5, 0.6) is 0 Å². The quantitative estimate of drug-likeness (QED) is 0.478. The zero-order valence-corrected chi connectivity index (χ0v) is 15.0. The number of benzene rings is 2. The van der Waals surface area contributed by atoms with Crippen molar-refractivity contribution in [3.63, 3.8) is 0 Å². The lowest BCUT2D eigenvalue weighted by atomic mass is 10.2. The van der Waals surface area contributed by atoms with E-state index in [2.05, 4.69) is 15.8 Å². The van der Waals surface area contributed by atoms with Gasteiger partial charge in [-0.25, -0.2) is 0 Å². The highest BCUT2D eigenvalue weighted by Crippen LogP contribution is 2.29. The molecular weight excluding hydrogens is 351 g/mol. The molecule has 0 amide bonds. The molecule has 0 heterocycles. The predicted molar refractivity (Wildman–Crippen MR) is 104 cm³/mol. The Morgan fingerprint density at radius 2 is 1.83 bits per heavy atom. The summed E-state index contributed by atoms with van der Waals surface area (Å²) in [5, 5.41) is 8.25. The SMILES string of the molecule is CN(C)c1ccc(C=NNC(=S)Nc2cccc(Cl)c2Cl)cc1. The Hall–Kier alpha value is -1.82. The van der Waals surface area contributed by atoms with Gasteiger partial charge in [-0.15, -0.1) is 0 Å². The van der Waals surface area contributed by atoms with Crippen LogP contribution in [0.25, 0.3) is 0 Å². The highest BCUT2D eigenvalue weighted by molar-refractivity contribution is 7.80. The van der Waals surface area contributed by atoms with Crippen LogP contribution < -0.4 is 15.6 Å². The molecule has 4 nitrogen and oxygen atoms in total. The number of rotatable bonds is 4. The van der Waals surface area contributed by atoms with Gasteiger partial charge in [0.2, 0.25) is 0 Å². The molecule has 2 aromatic carbocycles. The van der Waals surface area contributed by atoms with Crippen LogP contribution in [-0.2, 0) is 0 Å². The summed E-state index contributed by atoms with van der Waals surface area (Å²) in [4.78, 5) is 2.03. The zero-order valence-electron chi connectivity index (χ0n) is 12.7. The third-order valence-electron chi connectivity index (χ3n) is 2.99. The van der Waals surface area contributed by atoms with E-state index in [1.165, 1.54) is 0 Å². The summed E-state index contributed by atoms with van der Waals surface area (Å²) in [7, 11) is 3.99. The summed E-state index contributed by atoms with van der Waals surface area (Å²) in [5.74, 6) is 0. The van der Waals surface area contributed by atoms with E-state index >= 15 is 0 Å². The number of nitrogens with one attached hydrogen (secondary N) is 2. The first kappa shape index (κ1) is 17.5. The summed E-state index contributed by atoms with van der Waals surface area (Å²) in [6.45, 7) is 0. The van der Waals surface area contributed by atoms with Crippen molar-refractivity contribution >= 4 is 58.1 Å². The number of nitrogens with zero attached hydrogens (tertiary/aromatic N) is 2. The van der Waals surface area contributed by atoms with Crippen molar-refractivity contribution < 1.29 is 0 Å². The molecule has 0 saturated carbocycles. The van der Waals surface area contributed by atoms with Crippen molar-refractivity contribution in [2.24, 2.45) is 5.10 Å². The van der Waals surface area contributed by atoms with Crippen LogP contribution in [-0.4, -0.2) is 25.4 Å². The second kappa shape index (κ2) is 8.15. The minimum atomic E-state index is 0.329. The third-order valence-corrected chi connectivity index (χ3v) is 4.00. The molecule has 0 spiro atoms. The Bertz CT molecular complexity index is 715. The molecule has 120 valence electrons. The predicted octanol–water partition coefficient (Wildman–Crippen LogP) is 4.38. The molecule has 0 atom stereocenters. The summed E-state index contributed by atoms with van der Waals surface area (Å²) in [6, 6.07) is 13.3. The fourth-order valence-electron chi connectivity index (χ4n) is 1.77. The molecule has 0 saturated heterocycles. The molecule has 2 rings (SSSR count). The minimum Gasteiger partial charge on any atom is -0.378 e. The van der Waals surface area contributed by atoms with Crippen LogP contribution in [0.15, 0.2) is 47.6 Å². The van der Waals surface area contributed by atoms with Crippen molar-refractivity contribution in [1.82, 2.24) is 5.43 Å². The lowest BCUT2D eigenvalue weighted by molar-refractivity contribution is 1.05. The molecule has 2 N–H and O–H groups in total. The maximum absolute atomic E-state index is 6.08. The van der Waals surface area contributed by atoms with Gasteiger partial charge in [0.1, 0.15) is 0 Å². The van der Waals surface area contributed by atoms with Crippen LogP contribution >= 0.6 is 35.4 Å². The fourth-order valence-corrected chi connectivity index (χ4v) is 2.29. The maximum Gasteiger partial charge on any atom is 0.191 e. The molecule has 0 fully saturated rings. The Labute approximate surface area is 151 Å². The molecule has 7 heteroatoms. The average molecular weight is 367 g/mol. The van der Waals surface area contributed by atoms with Gasteiger partial charge in [0.15, 0.2) is 5.11 Å². The Balaban J connectivity index is 1.92. The minimum absolute atomic E-state index is 0.329. The first-order chi connectivity index (χ1) is 11.0. The molecule has 0 radical (unpaired) electrons. The van der Waals surface area contributed by atoms with Gasteiger partial charge in [-0.2, -0.15) is 5.10 Å². The Kier molecular flexibility index (Phi) is 6.21. The summed E-state index contributed by atoms with van der Waals surface area (Å²) in [5.41, 5.74) is 5.46. The zero-order chi connectivity index (χ0) is 16.8. The second-order valence-corrected chi connectivity index (χ2v) is 6.10. The number of hydrogen-bond acceptors (Lipinski definition) is 3. The van der Waals surface area contributed by atoms with Gasteiger partial charge < -0.3 is 10.2 Å². The lowest BCUT2D eigenvalue weighted by Gasteiger charge is -2.11. The van der Waals surface area contributed by atoms with Crippen LogP contribution in [0.3, 0.4) is 0 Å². The van der Waals surface area contributed by atoms with Crippen molar-refractivity contribution in [2.45, 2.75) is 0 Å². The first-order valence-electron chi connectivity index (χ1n) is 6.79. The molecule has 0 aromatic heterocycles. The van der Waals surface area contributed by atoms with Gasteiger partial charge in [-0.05, 0) is 42.0 Å². The summed E-state index contributed by atoms with van der Waals surface area (Å²) in [6.07, 6.45) is 1.69. The lowest BCUT2D eigenvalue weighted by Crippen LogP contribution is -2.24. The van der Waals surface area contributed by atoms with Crippen molar-refractivity contribution in [2.75, 3.05) is 24.3 Å². The molecule has 2 aromatic rings. The summed E-state index contributed by atoms with van der Waals surface area (Å²) >= 11 is 17.2. The smallest absolute Gasteiger partial charge is 0.191 e. The van der Waals surface area contributed by atoms with Gasteiger partial charge in [0.25, 0.3) is 0 Å². The fraction of sp³-hybridized carbons (Fsp3) is 0.125. The normalized spacial score (nSPS) is 10.6. The Morgan fingerprint density at radius 1 is 1.13 bits per heavy atom. The van der Waals surface area contributed by atoms with Crippen molar-refractivity contribution in [3.05, 3.63) is 58.1 Å². The number of hydrogen-bond donors (Lipinski definition) is 2. The maximum atomic E-state index is 6.08. The van der Waals surface area contributed by atoms with Crippen LogP contribution in [0.4, 0.5) is 11.4 Å². The van der Waals surface area contributed by atoms with Crippen molar-refractivity contribution in [1.29, 1.82) is 0 Å². The number of thiocarbonyl (C=S) groups is 1. The molecule has 0 bridgehead atoms. The molecular formula is C16H16Cl2N4S. The summed E-state index contributed by atoms with van der Waals surface area (Å²) < 4.78 is 0. The highest BCUT2D eigenvalue weighted by Gasteiger charge is 2.05. The third kappa shape index (κ3) is 5.10. The monoisotopic (exact) mass is 366 g/mol. The largest absolute Gasteiger partial charge is 0.378 e. The van der Waals surface area contributed by atoms with E-state index in [1.54, 1.807) is 24.4 Å². The van der Waals surface area contributed by atoms with E-state index in [9.17, 15) is 0 Å². The molecule has 0 unspecified atom stereocenters. The van der Waals surface area contributed by atoms with Crippen LogP contribution in [0.1, 0.15) is 5.56 Å². The highest BCUT2D eigenvalue weighted by atomic mass is 35.5. The van der Waals surface area contributed by atoms with Gasteiger partial charge in [-0.3, -0.25) is 5.43 Å². The molecule has 0 aliphatic heterocycles. The van der Waals surface area contributed by atoms with Crippen LogP contribution in [0, 0.1) is 0 Å². The van der Waals surface area contributed by atoms with Gasteiger partial charge in [-0.1, -0.05) is 41.4 Å². The van der Waals surface area contributed by atoms with E-state index in [4.69, 9.17) is 35.4 Å². The van der Waals surface area contributed by atoms with Crippen LogP contribution in [0.2, 0.25) is 10.0 Å². The standard InChI is InChI=1S/C16H16Cl2N4S/c1-22(2)12-8-6-11(7-9-12)10-19-21-16(23)20-14-5-3-4-13(17)15(14)18/h3-10H,1-2H3,(H2,20,21,23). The second-order valence-electron chi connectivity index (χ2n) is 4.91. The molecule has 23 heavy (non-hydrogen) atoms. The number of halogens is 2. The van der Waals surface area contributed by atoms with E-state index in [-0.39, 0.29) is 0 Å². The van der Waals surface area contributed by atoms with Gasteiger partial charge >= 0.3 is 0 Å². The van der Waals surface area contributed by atoms with Gasteiger partial charge in [0, 0.05) is 19.8 Å². The topological polar surface area (TPSA) is 39.7 Å². The van der Waals surface area contributed by atoms with E-state index in [1.807, 2.05) is 43.3 Å². The van der Waals surface area contributed by atoms with E-state index in [0.29, 0.717) is 20.8 Å². The van der Waals surface area contributed by atoms with Gasteiger partial charge in [0.05, 0.1) is 21.9 Å². The number of hydrazone groups is 1.